The van der Waals surface area contributed by atoms with E-state index in [2.05, 4.69) is 10.2 Å². The molecule has 5 heteroatoms. The van der Waals surface area contributed by atoms with E-state index in [4.69, 9.17) is 9.52 Å². The van der Waals surface area contributed by atoms with Crippen LogP contribution in [0.15, 0.2) is 34.7 Å². The zero-order valence-electron chi connectivity index (χ0n) is 7.75. The molecule has 0 saturated carbocycles. The molecule has 0 bridgehead atoms. The fourth-order valence-corrected chi connectivity index (χ4v) is 1.18. The molecule has 1 aromatic carbocycles. The van der Waals surface area contributed by atoms with Gasteiger partial charge in [-0.25, -0.2) is 4.79 Å². The van der Waals surface area contributed by atoms with Crippen LogP contribution in [0.4, 0.5) is 0 Å². The Morgan fingerprint density at radius 1 is 1.27 bits per heavy atom. The highest BCUT2D eigenvalue weighted by molar-refractivity contribution is 5.81. The smallest absolute Gasteiger partial charge is 0.393 e. The van der Waals surface area contributed by atoms with E-state index in [9.17, 15) is 4.79 Å². The van der Waals surface area contributed by atoms with Gasteiger partial charge in [0.05, 0.1) is 6.42 Å². The highest BCUT2D eigenvalue weighted by Crippen LogP contribution is 2.07. The van der Waals surface area contributed by atoms with Crippen molar-refractivity contribution < 1.29 is 14.3 Å². The van der Waals surface area contributed by atoms with E-state index in [0.717, 1.165) is 5.56 Å². The Hall–Kier alpha value is -2.17. The van der Waals surface area contributed by atoms with Gasteiger partial charge >= 0.3 is 11.9 Å². The van der Waals surface area contributed by atoms with Crippen molar-refractivity contribution in [3.63, 3.8) is 0 Å². The predicted octanol–water partition coefficient (Wildman–Crippen LogP) is 1.36. The molecule has 0 atom stereocenters. The van der Waals surface area contributed by atoms with Crippen molar-refractivity contribution in [2.75, 3.05) is 0 Å². The fraction of sp³-hybridized carbons (Fsp3) is 0.100. The van der Waals surface area contributed by atoms with E-state index in [1.807, 2.05) is 30.3 Å². The molecule has 5 nitrogen and oxygen atoms in total. The van der Waals surface area contributed by atoms with Gasteiger partial charge in [0, 0.05) is 0 Å². The van der Waals surface area contributed by atoms with Crippen LogP contribution in [0.2, 0.25) is 0 Å². The second kappa shape index (κ2) is 3.91. The van der Waals surface area contributed by atoms with Crippen LogP contribution in [0.1, 0.15) is 22.1 Å². The quantitative estimate of drug-likeness (QED) is 0.816. The van der Waals surface area contributed by atoms with E-state index >= 15 is 0 Å². The molecule has 15 heavy (non-hydrogen) atoms. The summed E-state index contributed by atoms with van der Waals surface area (Å²) in [6.45, 7) is 0. The SMILES string of the molecule is O=C(O)c1nnc(Cc2ccccc2)o1. The molecule has 0 aliphatic heterocycles. The molecule has 1 N–H and O–H groups in total. The van der Waals surface area contributed by atoms with Crippen molar-refractivity contribution in [3.8, 4) is 0 Å². The number of carboxylic acids is 1. The molecule has 0 spiro atoms. The third-order valence-corrected chi connectivity index (χ3v) is 1.85. The Labute approximate surface area is 85.4 Å². The number of hydrogen-bond donors (Lipinski definition) is 1. The molecule has 0 amide bonds. The molecular weight excluding hydrogens is 196 g/mol. The van der Waals surface area contributed by atoms with Gasteiger partial charge in [-0.3, -0.25) is 0 Å². The number of aromatic carboxylic acids is 1. The van der Waals surface area contributed by atoms with Crippen LogP contribution in [0.3, 0.4) is 0 Å². The van der Waals surface area contributed by atoms with Gasteiger partial charge in [-0.1, -0.05) is 30.3 Å². The van der Waals surface area contributed by atoms with Crippen LogP contribution in [0, 0.1) is 0 Å². The van der Waals surface area contributed by atoms with Gasteiger partial charge in [-0.05, 0) is 5.56 Å². The summed E-state index contributed by atoms with van der Waals surface area (Å²) in [5.41, 5.74) is 0.998. The van der Waals surface area contributed by atoms with Crippen molar-refractivity contribution in [2.45, 2.75) is 6.42 Å². The lowest BCUT2D eigenvalue weighted by molar-refractivity contribution is 0.0651. The Balaban J connectivity index is 2.15. The second-order valence-electron chi connectivity index (χ2n) is 2.97. The summed E-state index contributed by atoms with van der Waals surface area (Å²) in [6, 6.07) is 9.50. The molecule has 0 fully saturated rings. The third kappa shape index (κ3) is 2.19. The number of benzene rings is 1. The first-order chi connectivity index (χ1) is 7.25. The average Bonchev–Trinajstić information content (AvgIpc) is 2.68. The maximum absolute atomic E-state index is 10.5. The molecule has 0 unspecified atom stereocenters. The number of aromatic nitrogens is 2. The number of nitrogens with zero attached hydrogens (tertiary/aromatic N) is 2. The molecule has 0 radical (unpaired) electrons. The van der Waals surface area contributed by atoms with Crippen LogP contribution in [0.5, 0.6) is 0 Å². The molecule has 0 saturated heterocycles. The van der Waals surface area contributed by atoms with Crippen LogP contribution in [0.25, 0.3) is 0 Å². The number of carbonyl (C=O) groups is 1. The zero-order chi connectivity index (χ0) is 10.7. The Morgan fingerprint density at radius 2 is 2.00 bits per heavy atom. The topological polar surface area (TPSA) is 76.2 Å². The summed E-state index contributed by atoms with van der Waals surface area (Å²) < 4.78 is 4.93. The number of carboxylic acid groups (broad SMARTS) is 1. The molecule has 2 rings (SSSR count). The summed E-state index contributed by atoms with van der Waals surface area (Å²) in [5.74, 6) is -1.28. The molecule has 1 aromatic heterocycles. The summed E-state index contributed by atoms with van der Waals surface area (Å²) >= 11 is 0. The average molecular weight is 204 g/mol. The third-order valence-electron chi connectivity index (χ3n) is 1.85. The van der Waals surface area contributed by atoms with Gasteiger partial charge in [0.25, 0.3) is 0 Å². The summed E-state index contributed by atoms with van der Waals surface area (Å²) in [5, 5.41) is 15.6. The van der Waals surface area contributed by atoms with Gasteiger partial charge < -0.3 is 9.52 Å². The van der Waals surface area contributed by atoms with Gasteiger partial charge in [0.1, 0.15) is 0 Å². The molecule has 2 aromatic rings. The zero-order valence-corrected chi connectivity index (χ0v) is 7.75. The van der Waals surface area contributed by atoms with Crippen molar-refractivity contribution in [1.82, 2.24) is 10.2 Å². The lowest BCUT2D eigenvalue weighted by Gasteiger charge is -1.94. The first kappa shape index (κ1) is 9.39. The van der Waals surface area contributed by atoms with Crippen LogP contribution in [-0.2, 0) is 6.42 Å². The first-order valence-corrected chi connectivity index (χ1v) is 4.35. The highest BCUT2D eigenvalue weighted by atomic mass is 16.4. The predicted molar refractivity (Wildman–Crippen MR) is 50.5 cm³/mol. The normalized spacial score (nSPS) is 10.1. The van der Waals surface area contributed by atoms with Crippen LogP contribution in [-0.4, -0.2) is 21.3 Å². The fourth-order valence-electron chi connectivity index (χ4n) is 1.18. The molecule has 0 aliphatic rings. The van der Waals surface area contributed by atoms with Gasteiger partial charge in [0.15, 0.2) is 0 Å². The molecule has 1 heterocycles. The molecule has 0 aliphatic carbocycles. The summed E-state index contributed by atoms with van der Waals surface area (Å²) in [7, 11) is 0. The minimum Gasteiger partial charge on any atom is -0.474 e. The monoisotopic (exact) mass is 204 g/mol. The van der Waals surface area contributed by atoms with Gasteiger partial charge in [-0.15, -0.1) is 10.2 Å². The Bertz CT molecular complexity index is 465. The summed E-state index contributed by atoms with van der Waals surface area (Å²) in [6.07, 6.45) is 0.446. The van der Waals surface area contributed by atoms with E-state index < -0.39 is 5.97 Å². The van der Waals surface area contributed by atoms with Gasteiger partial charge in [-0.2, -0.15) is 0 Å². The Morgan fingerprint density at radius 3 is 2.60 bits per heavy atom. The maximum atomic E-state index is 10.5. The van der Waals surface area contributed by atoms with Crippen molar-refractivity contribution in [2.24, 2.45) is 0 Å². The first-order valence-electron chi connectivity index (χ1n) is 4.35. The molecular formula is C10H8N2O3. The van der Waals surface area contributed by atoms with Crippen LogP contribution < -0.4 is 0 Å². The van der Waals surface area contributed by atoms with Crippen LogP contribution >= 0.6 is 0 Å². The lowest BCUT2D eigenvalue weighted by atomic mass is 10.2. The molecule has 76 valence electrons. The Kier molecular flexibility index (Phi) is 2.45. The van der Waals surface area contributed by atoms with E-state index in [0.29, 0.717) is 12.3 Å². The van der Waals surface area contributed by atoms with Gasteiger partial charge in [0.2, 0.25) is 5.89 Å². The summed E-state index contributed by atoms with van der Waals surface area (Å²) in [4.78, 5) is 10.5. The largest absolute Gasteiger partial charge is 0.474 e. The minimum absolute atomic E-state index is 0.304. The lowest BCUT2D eigenvalue weighted by Crippen LogP contribution is -1.95. The van der Waals surface area contributed by atoms with Crippen molar-refractivity contribution in [3.05, 3.63) is 47.7 Å². The van der Waals surface area contributed by atoms with E-state index in [1.165, 1.54) is 0 Å². The minimum atomic E-state index is -1.21. The second-order valence-corrected chi connectivity index (χ2v) is 2.97. The van der Waals surface area contributed by atoms with E-state index in [1.54, 1.807) is 0 Å². The maximum Gasteiger partial charge on any atom is 0.393 e. The number of rotatable bonds is 3. The van der Waals surface area contributed by atoms with Crippen molar-refractivity contribution >= 4 is 5.97 Å². The van der Waals surface area contributed by atoms with E-state index in [-0.39, 0.29) is 5.89 Å². The van der Waals surface area contributed by atoms with Crippen molar-refractivity contribution in [1.29, 1.82) is 0 Å². The standard InChI is InChI=1S/C10H8N2O3/c13-10(14)9-12-11-8(15-9)6-7-4-2-1-3-5-7/h1-5H,6H2,(H,13,14). The highest BCUT2D eigenvalue weighted by Gasteiger charge is 2.12. The number of hydrogen-bond acceptors (Lipinski definition) is 4.